The highest BCUT2D eigenvalue weighted by Gasteiger charge is 2.00. The SMILES string of the molecule is COC(=O)Nc1ccc(-n2cccn2)cc1. The highest BCUT2D eigenvalue weighted by molar-refractivity contribution is 5.84. The molecule has 0 fully saturated rings. The number of amides is 1. The van der Waals surface area contributed by atoms with Crippen LogP contribution in [0.4, 0.5) is 10.5 Å². The Morgan fingerprint density at radius 2 is 2.12 bits per heavy atom. The third kappa shape index (κ3) is 2.20. The molecule has 1 N–H and O–H groups in total. The molecule has 0 aliphatic heterocycles. The van der Waals surface area contributed by atoms with Gasteiger partial charge in [0.05, 0.1) is 12.8 Å². The lowest BCUT2D eigenvalue weighted by atomic mass is 10.3. The van der Waals surface area contributed by atoms with Crippen LogP contribution >= 0.6 is 0 Å². The van der Waals surface area contributed by atoms with Crippen LogP contribution in [0.2, 0.25) is 0 Å². The standard InChI is InChI=1S/C11H11N3O2/c1-16-11(15)13-9-3-5-10(6-4-9)14-8-2-7-12-14/h2-8H,1H3,(H,13,15). The maximum atomic E-state index is 10.9. The monoisotopic (exact) mass is 217 g/mol. The molecule has 16 heavy (non-hydrogen) atoms. The zero-order valence-corrected chi connectivity index (χ0v) is 8.75. The van der Waals surface area contributed by atoms with E-state index in [0.717, 1.165) is 5.69 Å². The summed E-state index contributed by atoms with van der Waals surface area (Å²) >= 11 is 0. The second kappa shape index (κ2) is 4.48. The van der Waals surface area contributed by atoms with Crippen molar-refractivity contribution in [3.8, 4) is 5.69 Å². The van der Waals surface area contributed by atoms with Crippen LogP contribution in [0, 0.1) is 0 Å². The zero-order valence-electron chi connectivity index (χ0n) is 8.75. The molecule has 0 spiro atoms. The van der Waals surface area contributed by atoms with Gasteiger partial charge in [0, 0.05) is 18.1 Å². The lowest BCUT2D eigenvalue weighted by molar-refractivity contribution is 0.187. The number of aromatic nitrogens is 2. The molecule has 2 rings (SSSR count). The highest BCUT2D eigenvalue weighted by Crippen LogP contribution is 2.12. The second-order valence-electron chi connectivity index (χ2n) is 3.11. The van der Waals surface area contributed by atoms with Gasteiger partial charge in [-0.1, -0.05) is 0 Å². The fraction of sp³-hybridized carbons (Fsp3) is 0.0909. The maximum absolute atomic E-state index is 10.9. The van der Waals surface area contributed by atoms with Gasteiger partial charge >= 0.3 is 6.09 Å². The van der Waals surface area contributed by atoms with E-state index in [1.54, 1.807) is 23.0 Å². The predicted molar refractivity (Wildman–Crippen MR) is 59.6 cm³/mol. The fourth-order valence-corrected chi connectivity index (χ4v) is 1.29. The number of carbonyl (C=O) groups excluding carboxylic acids is 1. The number of hydrogen-bond donors (Lipinski definition) is 1. The molecule has 5 nitrogen and oxygen atoms in total. The van der Waals surface area contributed by atoms with E-state index in [4.69, 9.17) is 0 Å². The van der Waals surface area contributed by atoms with Crippen molar-refractivity contribution in [2.45, 2.75) is 0 Å². The Kier molecular flexibility index (Phi) is 2.86. The number of ether oxygens (including phenoxy) is 1. The van der Waals surface area contributed by atoms with Crippen molar-refractivity contribution in [3.63, 3.8) is 0 Å². The summed E-state index contributed by atoms with van der Waals surface area (Å²) in [7, 11) is 1.33. The molecule has 2 aromatic rings. The van der Waals surface area contributed by atoms with E-state index in [1.807, 2.05) is 24.4 Å². The lowest BCUT2D eigenvalue weighted by Gasteiger charge is -2.05. The van der Waals surface area contributed by atoms with Gasteiger partial charge in [-0.15, -0.1) is 0 Å². The molecule has 0 bridgehead atoms. The summed E-state index contributed by atoms with van der Waals surface area (Å²) in [4.78, 5) is 10.9. The summed E-state index contributed by atoms with van der Waals surface area (Å²) in [5.74, 6) is 0. The number of carbonyl (C=O) groups is 1. The minimum atomic E-state index is -0.480. The van der Waals surface area contributed by atoms with E-state index in [1.165, 1.54) is 7.11 Å². The van der Waals surface area contributed by atoms with Crippen molar-refractivity contribution in [1.82, 2.24) is 9.78 Å². The Hall–Kier alpha value is -2.30. The van der Waals surface area contributed by atoms with Crippen LogP contribution in [-0.2, 0) is 4.74 Å². The third-order valence-electron chi connectivity index (χ3n) is 2.07. The second-order valence-corrected chi connectivity index (χ2v) is 3.11. The fourth-order valence-electron chi connectivity index (χ4n) is 1.29. The largest absolute Gasteiger partial charge is 0.453 e. The van der Waals surface area contributed by atoms with Crippen LogP contribution in [0.25, 0.3) is 5.69 Å². The lowest BCUT2D eigenvalue weighted by Crippen LogP contribution is -2.10. The minimum absolute atomic E-state index is 0.480. The van der Waals surface area contributed by atoms with Crippen molar-refractivity contribution in [1.29, 1.82) is 0 Å². The smallest absolute Gasteiger partial charge is 0.411 e. The summed E-state index contributed by atoms with van der Waals surface area (Å²) in [6, 6.07) is 9.14. The van der Waals surface area contributed by atoms with Crippen LogP contribution in [0.15, 0.2) is 42.7 Å². The molecule has 0 aliphatic rings. The molecule has 0 saturated carbocycles. The molecule has 1 aromatic carbocycles. The first-order valence-electron chi connectivity index (χ1n) is 4.74. The Balaban J connectivity index is 2.14. The quantitative estimate of drug-likeness (QED) is 0.837. The van der Waals surface area contributed by atoms with E-state index in [0.29, 0.717) is 5.69 Å². The van der Waals surface area contributed by atoms with Gasteiger partial charge < -0.3 is 4.74 Å². The number of nitrogens with zero attached hydrogens (tertiary/aromatic N) is 2. The molecule has 5 heteroatoms. The van der Waals surface area contributed by atoms with Gasteiger partial charge in [0.2, 0.25) is 0 Å². The van der Waals surface area contributed by atoms with Crippen LogP contribution in [-0.4, -0.2) is 23.0 Å². The number of benzene rings is 1. The third-order valence-corrected chi connectivity index (χ3v) is 2.07. The number of rotatable bonds is 2. The summed E-state index contributed by atoms with van der Waals surface area (Å²) in [6.45, 7) is 0. The molecule has 1 aromatic heterocycles. The summed E-state index contributed by atoms with van der Waals surface area (Å²) < 4.78 is 6.23. The average molecular weight is 217 g/mol. The molecule has 1 heterocycles. The first-order valence-corrected chi connectivity index (χ1v) is 4.74. The maximum Gasteiger partial charge on any atom is 0.411 e. The van der Waals surface area contributed by atoms with Crippen LogP contribution in [0.3, 0.4) is 0 Å². The number of nitrogens with one attached hydrogen (secondary N) is 1. The van der Waals surface area contributed by atoms with Crippen molar-refractivity contribution in [2.75, 3.05) is 12.4 Å². The molecule has 0 saturated heterocycles. The Morgan fingerprint density at radius 3 is 2.69 bits per heavy atom. The van der Waals surface area contributed by atoms with Crippen molar-refractivity contribution >= 4 is 11.8 Å². The van der Waals surface area contributed by atoms with Crippen LogP contribution in [0.5, 0.6) is 0 Å². The first kappa shape index (κ1) is 10.2. The van der Waals surface area contributed by atoms with Gasteiger partial charge in [-0.25, -0.2) is 9.48 Å². The van der Waals surface area contributed by atoms with Crippen molar-refractivity contribution in [2.24, 2.45) is 0 Å². The van der Waals surface area contributed by atoms with E-state index in [9.17, 15) is 4.79 Å². The van der Waals surface area contributed by atoms with Gasteiger partial charge in [-0.05, 0) is 30.3 Å². The van der Waals surface area contributed by atoms with Gasteiger partial charge in [0.1, 0.15) is 0 Å². The van der Waals surface area contributed by atoms with E-state index in [-0.39, 0.29) is 0 Å². The van der Waals surface area contributed by atoms with Gasteiger partial charge in [0.15, 0.2) is 0 Å². The Bertz CT molecular complexity index is 462. The topological polar surface area (TPSA) is 56.1 Å². The molecule has 82 valence electrons. The van der Waals surface area contributed by atoms with Crippen molar-refractivity contribution < 1.29 is 9.53 Å². The molecular weight excluding hydrogens is 206 g/mol. The van der Waals surface area contributed by atoms with Crippen LogP contribution < -0.4 is 5.32 Å². The molecule has 0 radical (unpaired) electrons. The van der Waals surface area contributed by atoms with E-state index >= 15 is 0 Å². The van der Waals surface area contributed by atoms with Gasteiger partial charge in [-0.2, -0.15) is 5.10 Å². The molecule has 0 atom stereocenters. The molecule has 1 amide bonds. The van der Waals surface area contributed by atoms with E-state index in [2.05, 4.69) is 15.2 Å². The minimum Gasteiger partial charge on any atom is -0.453 e. The number of anilines is 1. The average Bonchev–Trinajstić information content (AvgIpc) is 2.83. The summed E-state index contributed by atoms with van der Waals surface area (Å²) in [5.41, 5.74) is 1.61. The normalized spacial score (nSPS) is 9.81. The Labute approximate surface area is 92.7 Å². The van der Waals surface area contributed by atoms with Crippen molar-refractivity contribution in [3.05, 3.63) is 42.7 Å². The van der Waals surface area contributed by atoms with E-state index < -0.39 is 6.09 Å². The van der Waals surface area contributed by atoms with Gasteiger partial charge in [0.25, 0.3) is 0 Å². The number of hydrogen-bond acceptors (Lipinski definition) is 3. The highest BCUT2D eigenvalue weighted by atomic mass is 16.5. The Morgan fingerprint density at radius 1 is 1.38 bits per heavy atom. The van der Waals surface area contributed by atoms with Crippen LogP contribution in [0.1, 0.15) is 0 Å². The van der Waals surface area contributed by atoms with Gasteiger partial charge in [-0.3, -0.25) is 5.32 Å². The summed E-state index contributed by atoms with van der Waals surface area (Å²) in [6.07, 6.45) is 3.08. The molecular formula is C11H11N3O2. The summed E-state index contributed by atoms with van der Waals surface area (Å²) in [5, 5.41) is 6.67. The number of methoxy groups -OCH3 is 1. The first-order chi connectivity index (χ1) is 7.79. The molecule has 0 aliphatic carbocycles. The zero-order chi connectivity index (χ0) is 11.4. The molecule has 0 unspecified atom stereocenters. The predicted octanol–water partition coefficient (Wildman–Crippen LogP) is 2.05.